The maximum absolute atomic E-state index is 13.1. The molecule has 1 amide bonds. The second-order valence-electron chi connectivity index (χ2n) is 8.02. The number of aromatic amines is 1. The van der Waals surface area contributed by atoms with Crippen LogP contribution in [0.4, 0.5) is 0 Å². The van der Waals surface area contributed by atoms with E-state index in [9.17, 15) is 4.79 Å². The third kappa shape index (κ3) is 3.96. The topological polar surface area (TPSA) is 67.3 Å². The summed E-state index contributed by atoms with van der Waals surface area (Å²) in [5.41, 5.74) is 4.67. The molecule has 0 radical (unpaired) electrons. The molecular formula is C27H23ClN2O3. The number of H-pyrrole nitrogens is 1. The Hall–Kier alpha value is -3.70. The molecule has 2 heterocycles. The molecule has 1 atom stereocenters. The molecule has 0 aliphatic heterocycles. The first kappa shape index (κ1) is 21.2. The molecule has 3 aromatic carbocycles. The van der Waals surface area contributed by atoms with Crippen molar-refractivity contribution in [2.24, 2.45) is 0 Å². The van der Waals surface area contributed by atoms with Gasteiger partial charge in [0.1, 0.15) is 11.3 Å². The van der Waals surface area contributed by atoms with Gasteiger partial charge in [0.25, 0.3) is 5.91 Å². The Kier molecular flexibility index (Phi) is 5.56. The number of carbonyl (C=O) groups excluding carboxylic acids is 1. The number of rotatable bonds is 6. The zero-order valence-corrected chi connectivity index (χ0v) is 19.1. The number of ether oxygens (including phenoxy) is 1. The summed E-state index contributed by atoms with van der Waals surface area (Å²) < 4.78 is 11.2. The molecule has 0 aliphatic carbocycles. The molecule has 6 heteroatoms. The number of fused-ring (bicyclic) bond motifs is 2. The van der Waals surface area contributed by atoms with Gasteiger partial charge in [-0.2, -0.15) is 0 Å². The van der Waals surface area contributed by atoms with Crippen LogP contribution in [-0.4, -0.2) is 24.5 Å². The van der Waals surface area contributed by atoms with Crippen molar-refractivity contribution in [2.45, 2.75) is 12.8 Å². The van der Waals surface area contributed by atoms with Gasteiger partial charge in [-0.3, -0.25) is 4.79 Å². The van der Waals surface area contributed by atoms with Gasteiger partial charge in [0.05, 0.1) is 7.11 Å². The van der Waals surface area contributed by atoms with Gasteiger partial charge in [-0.05, 0) is 54.4 Å². The van der Waals surface area contributed by atoms with E-state index in [1.807, 2.05) is 61.7 Å². The Balaban J connectivity index is 1.47. The minimum absolute atomic E-state index is 0.0601. The zero-order valence-electron chi connectivity index (χ0n) is 18.3. The number of halogens is 1. The molecule has 5 nitrogen and oxygen atoms in total. The largest absolute Gasteiger partial charge is 0.497 e. The summed E-state index contributed by atoms with van der Waals surface area (Å²) in [6.07, 6.45) is 2.01. The molecular weight excluding hydrogens is 436 g/mol. The lowest BCUT2D eigenvalue weighted by atomic mass is 9.90. The van der Waals surface area contributed by atoms with Gasteiger partial charge in [-0.15, -0.1) is 0 Å². The Morgan fingerprint density at radius 1 is 1.09 bits per heavy atom. The van der Waals surface area contributed by atoms with Crippen molar-refractivity contribution in [3.63, 3.8) is 0 Å². The number of benzene rings is 3. The van der Waals surface area contributed by atoms with E-state index in [1.165, 1.54) is 0 Å². The average molecular weight is 459 g/mol. The van der Waals surface area contributed by atoms with Crippen molar-refractivity contribution < 1.29 is 13.9 Å². The summed E-state index contributed by atoms with van der Waals surface area (Å²) in [5.74, 6) is 0.782. The predicted octanol–water partition coefficient (Wildman–Crippen LogP) is 6.45. The average Bonchev–Trinajstić information content (AvgIpc) is 3.41. The van der Waals surface area contributed by atoms with E-state index in [2.05, 4.69) is 16.4 Å². The number of hydrogen-bond acceptors (Lipinski definition) is 3. The second kappa shape index (κ2) is 8.68. The summed E-state index contributed by atoms with van der Waals surface area (Å²) >= 11 is 6.12. The van der Waals surface area contributed by atoms with E-state index < -0.39 is 0 Å². The first-order valence-electron chi connectivity index (χ1n) is 10.7. The van der Waals surface area contributed by atoms with Crippen LogP contribution in [0.15, 0.2) is 77.3 Å². The molecule has 0 spiro atoms. The standard InChI is InChI=1S/C27H23ClN2O3/c1-16-21-13-18(28)9-12-25(21)33-26(16)27(31)30-14-22(17-7-10-19(32-2)11-8-17)23-15-29-24-6-4-3-5-20(23)24/h3-13,15,22,29H,14H2,1-2H3,(H,30,31). The van der Waals surface area contributed by atoms with Gasteiger partial charge >= 0.3 is 0 Å². The molecule has 5 aromatic rings. The van der Waals surface area contributed by atoms with Crippen LogP contribution in [0, 0.1) is 6.92 Å². The predicted molar refractivity (Wildman–Crippen MR) is 131 cm³/mol. The number of nitrogens with one attached hydrogen (secondary N) is 2. The molecule has 0 saturated heterocycles. The Morgan fingerprint density at radius 3 is 2.67 bits per heavy atom. The molecule has 166 valence electrons. The molecule has 2 N–H and O–H groups in total. The van der Waals surface area contributed by atoms with E-state index in [4.69, 9.17) is 20.8 Å². The van der Waals surface area contributed by atoms with E-state index in [0.717, 1.165) is 38.7 Å². The summed E-state index contributed by atoms with van der Waals surface area (Å²) in [6, 6.07) is 21.5. The fourth-order valence-electron chi connectivity index (χ4n) is 4.31. The number of aryl methyl sites for hydroxylation is 1. The third-order valence-electron chi connectivity index (χ3n) is 6.09. The number of amides is 1. The number of carbonyl (C=O) groups is 1. The van der Waals surface area contributed by atoms with Crippen molar-refractivity contribution in [1.82, 2.24) is 10.3 Å². The van der Waals surface area contributed by atoms with E-state index in [1.54, 1.807) is 19.2 Å². The number of para-hydroxylation sites is 1. The maximum atomic E-state index is 13.1. The van der Waals surface area contributed by atoms with Crippen molar-refractivity contribution in [3.8, 4) is 5.75 Å². The minimum Gasteiger partial charge on any atom is -0.497 e. The van der Waals surface area contributed by atoms with E-state index >= 15 is 0 Å². The van der Waals surface area contributed by atoms with Crippen LogP contribution in [0.25, 0.3) is 21.9 Å². The van der Waals surface area contributed by atoms with Gasteiger partial charge in [0.2, 0.25) is 0 Å². The summed E-state index contributed by atoms with van der Waals surface area (Å²) in [5, 5.41) is 5.66. The molecule has 1 unspecified atom stereocenters. The van der Waals surface area contributed by atoms with Crippen LogP contribution in [0.5, 0.6) is 5.75 Å². The molecule has 2 aromatic heterocycles. The molecule has 0 bridgehead atoms. The smallest absolute Gasteiger partial charge is 0.287 e. The third-order valence-corrected chi connectivity index (χ3v) is 6.32. The molecule has 33 heavy (non-hydrogen) atoms. The lowest BCUT2D eigenvalue weighted by Crippen LogP contribution is -2.29. The number of furan rings is 1. The highest BCUT2D eigenvalue weighted by Gasteiger charge is 2.22. The molecule has 0 saturated carbocycles. The fraction of sp³-hybridized carbons (Fsp3) is 0.148. The highest BCUT2D eigenvalue weighted by Crippen LogP contribution is 2.32. The Bertz CT molecular complexity index is 1450. The minimum atomic E-state index is -0.252. The van der Waals surface area contributed by atoms with Gasteiger partial charge in [0, 0.05) is 45.5 Å². The monoisotopic (exact) mass is 458 g/mol. The summed E-state index contributed by atoms with van der Waals surface area (Å²) in [6.45, 7) is 2.28. The summed E-state index contributed by atoms with van der Waals surface area (Å²) in [7, 11) is 1.65. The van der Waals surface area contributed by atoms with Crippen LogP contribution < -0.4 is 10.1 Å². The SMILES string of the molecule is COc1ccc(C(CNC(=O)c2oc3ccc(Cl)cc3c2C)c2c[nH]c3ccccc23)cc1. The number of methoxy groups -OCH3 is 1. The molecule has 5 rings (SSSR count). The van der Waals surface area contributed by atoms with Crippen LogP contribution in [0.1, 0.15) is 33.2 Å². The van der Waals surface area contributed by atoms with Crippen LogP contribution in [-0.2, 0) is 0 Å². The molecule has 0 fully saturated rings. The summed E-state index contributed by atoms with van der Waals surface area (Å²) in [4.78, 5) is 16.5. The van der Waals surface area contributed by atoms with Crippen molar-refractivity contribution in [3.05, 3.63) is 100 Å². The Morgan fingerprint density at radius 2 is 1.88 bits per heavy atom. The number of aromatic nitrogens is 1. The second-order valence-corrected chi connectivity index (χ2v) is 8.46. The maximum Gasteiger partial charge on any atom is 0.287 e. The zero-order chi connectivity index (χ0) is 22.9. The van der Waals surface area contributed by atoms with E-state index in [0.29, 0.717) is 22.9 Å². The van der Waals surface area contributed by atoms with Crippen molar-refractivity contribution in [2.75, 3.05) is 13.7 Å². The van der Waals surface area contributed by atoms with Crippen LogP contribution >= 0.6 is 11.6 Å². The van der Waals surface area contributed by atoms with Crippen molar-refractivity contribution in [1.29, 1.82) is 0 Å². The Labute approximate surface area is 196 Å². The van der Waals surface area contributed by atoms with Gasteiger partial charge in [-0.1, -0.05) is 41.9 Å². The van der Waals surface area contributed by atoms with Gasteiger partial charge in [-0.25, -0.2) is 0 Å². The first-order valence-corrected chi connectivity index (χ1v) is 11.1. The lowest BCUT2D eigenvalue weighted by molar-refractivity contribution is 0.0926. The van der Waals surface area contributed by atoms with Gasteiger partial charge < -0.3 is 19.5 Å². The normalized spacial score (nSPS) is 12.2. The quantitative estimate of drug-likeness (QED) is 0.307. The highest BCUT2D eigenvalue weighted by molar-refractivity contribution is 6.31. The number of hydrogen-bond donors (Lipinski definition) is 2. The molecule has 0 aliphatic rings. The van der Waals surface area contributed by atoms with Gasteiger partial charge in [0.15, 0.2) is 5.76 Å². The fourth-order valence-corrected chi connectivity index (χ4v) is 4.48. The highest BCUT2D eigenvalue weighted by atomic mass is 35.5. The first-order chi connectivity index (χ1) is 16.0. The lowest BCUT2D eigenvalue weighted by Gasteiger charge is -2.18. The van der Waals surface area contributed by atoms with Crippen LogP contribution in [0.3, 0.4) is 0 Å². The van der Waals surface area contributed by atoms with Crippen molar-refractivity contribution >= 4 is 39.4 Å². The van der Waals surface area contributed by atoms with E-state index in [-0.39, 0.29) is 11.8 Å². The van der Waals surface area contributed by atoms with Crippen LogP contribution in [0.2, 0.25) is 5.02 Å².